The fourth-order valence-electron chi connectivity index (χ4n) is 2.89. The standard InChI is InChI=1S/C16H16FNO/c1-10(2)15(19)16(7-8-16)11-6-9-18-13-5-3-4-12(17)14(11)13/h3-6,9-10H,7-8H2,1-2H3. The van der Waals surface area contributed by atoms with Gasteiger partial charge in [-0.3, -0.25) is 9.78 Å². The van der Waals surface area contributed by atoms with Gasteiger partial charge < -0.3 is 0 Å². The van der Waals surface area contributed by atoms with E-state index in [9.17, 15) is 9.18 Å². The second kappa shape index (κ2) is 4.12. The van der Waals surface area contributed by atoms with Crippen molar-refractivity contribution < 1.29 is 9.18 Å². The average Bonchev–Trinajstić information content (AvgIpc) is 3.19. The molecule has 0 bridgehead atoms. The van der Waals surface area contributed by atoms with Gasteiger partial charge in [-0.15, -0.1) is 0 Å². The molecule has 2 aromatic rings. The van der Waals surface area contributed by atoms with E-state index in [1.807, 2.05) is 13.8 Å². The number of benzene rings is 1. The van der Waals surface area contributed by atoms with Crippen molar-refractivity contribution in [3.63, 3.8) is 0 Å². The normalized spacial score (nSPS) is 16.8. The highest BCUT2D eigenvalue weighted by atomic mass is 19.1. The fraction of sp³-hybridized carbons (Fsp3) is 0.375. The lowest BCUT2D eigenvalue weighted by Crippen LogP contribution is -2.25. The van der Waals surface area contributed by atoms with E-state index in [0.717, 1.165) is 18.4 Å². The van der Waals surface area contributed by atoms with Crippen LogP contribution in [-0.4, -0.2) is 10.8 Å². The van der Waals surface area contributed by atoms with Crippen molar-refractivity contribution in [2.45, 2.75) is 32.1 Å². The zero-order valence-electron chi connectivity index (χ0n) is 11.1. The predicted octanol–water partition coefficient (Wildman–Crippen LogP) is 3.63. The number of pyridine rings is 1. The molecule has 0 amide bonds. The van der Waals surface area contributed by atoms with Gasteiger partial charge in [-0.25, -0.2) is 4.39 Å². The average molecular weight is 257 g/mol. The molecule has 1 aliphatic rings. The van der Waals surface area contributed by atoms with Crippen LogP contribution in [0.3, 0.4) is 0 Å². The first kappa shape index (κ1) is 12.3. The van der Waals surface area contributed by atoms with Crippen LogP contribution in [0.2, 0.25) is 0 Å². The maximum atomic E-state index is 14.1. The summed E-state index contributed by atoms with van der Waals surface area (Å²) in [5, 5.41) is 0.511. The molecule has 0 unspecified atom stereocenters. The number of hydrogen-bond donors (Lipinski definition) is 0. The number of carbonyl (C=O) groups is 1. The molecule has 0 aliphatic heterocycles. The van der Waals surface area contributed by atoms with Crippen molar-refractivity contribution in [3.8, 4) is 0 Å². The number of nitrogens with zero attached hydrogens (tertiary/aromatic N) is 1. The van der Waals surface area contributed by atoms with Gasteiger partial charge in [-0.1, -0.05) is 19.9 Å². The van der Waals surface area contributed by atoms with Gasteiger partial charge >= 0.3 is 0 Å². The van der Waals surface area contributed by atoms with Gasteiger partial charge in [0.25, 0.3) is 0 Å². The Bertz CT molecular complexity index is 654. The molecule has 1 aliphatic carbocycles. The van der Waals surface area contributed by atoms with Crippen LogP contribution in [0.5, 0.6) is 0 Å². The molecular weight excluding hydrogens is 241 g/mol. The smallest absolute Gasteiger partial charge is 0.145 e. The maximum Gasteiger partial charge on any atom is 0.145 e. The summed E-state index contributed by atoms with van der Waals surface area (Å²) >= 11 is 0. The van der Waals surface area contributed by atoms with E-state index < -0.39 is 5.41 Å². The van der Waals surface area contributed by atoms with Crippen LogP contribution in [0.1, 0.15) is 32.3 Å². The molecular formula is C16H16FNO. The van der Waals surface area contributed by atoms with Gasteiger partial charge in [0.2, 0.25) is 0 Å². The molecule has 0 N–H and O–H groups in total. The number of ketones is 1. The number of carbonyl (C=O) groups excluding carboxylic acids is 1. The van der Waals surface area contributed by atoms with Gasteiger partial charge in [-0.2, -0.15) is 0 Å². The van der Waals surface area contributed by atoms with Crippen molar-refractivity contribution >= 4 is 16.7 Å². The van der Waals surface area contributed by atoms with Crippen molar-refractivity contribution in [1.82, 2.24) is 4.98 Å². The minimum Gasteiger partial charge on any atom is -0.298 e. The third kappa shape index (κ3) is 1.76. The molecule has 19 heavy (non-hydrogen) atoms. The lowest BCUT2D eigenvalue weighted by Gasteiger charge is -2.19. The minimum absolute atomic E-state index is 0.0301. The van der Waals surface area contributed by atoms with E-state index in [2.05, 4.69) is 4.98 Å². The van der Waals surface area contributed by atoms with Crippen LogP contribution < -0.4 is 0 Å². The summed E-state index contributed by atoms with van der Waals surface area (Å²) < 4.78 is 14.1. The van der Waals surface area contributed by atoms with Gasteiger partial charge in [0.05, 0.1) is 10.9 Å². The number of rotatable bonds is 3. The Morgan fingerprint density at radius 2 is 2.05 bits per heavy atom. The highest BCUT2D eigenvalue weighted by Gasteiger charge is 2.52. The van der Waals surface area contributed by atoms with Gasteiger partial charge in [-0.05, 0) is 36.6 Å². The van der Waals surface area contributed by atoms with Crippen LogP contribution in [-0.2, 0) is 10.2 Å². The van der Waals surface area contributed by atoms with Crippen LogP contribution in [0.25, 0.3) is 10.9 Å². The molecule has 1 fully saturated rings. The lowest BCUT2D eigenvalue weighted by molar-refractivity contribution is -0.124. The third-order valence-electron chi connectivity index (χ3n) is 3.98. The molecule has 0 spiro atoms. The minimum atomic E-state index is -0.475. The summed E-state index contributed by atoms with van der Waals surface area (Å²) in [5.74, 6) is -0.107. The van der Waals surface area contributed by atoms with Crippen molar-refractivity contribution in [2.75, 3.05) is 0 Å². The van der Waals surface area contributed by atoms with Gasteiger partial charge in [0, 0.05) is 17.5 Å². The first-order valence-electron chi connectivity index (χ1n) is 6.64. The number of hydrogen-bond acceptors (Lipinski definition) is 2. The Kier molecular flexibility index (Phi) is 2.66. The second-order valence-electron chi connectivity index (χ2n) is 5.59. The van der Waals surface area contributed by atoms with E-state index in [1.54, 1.807) is 24.4 Å². The Balaban J connectivity index is 2.24. The summed E-state index contributed by atoms with van der Waals surface area (Å²) in [6, 6.07) is 6.68. The van der Waals surface area contributed by atoms with Crippen molar-refractivity contribution in [1.29, 1.82) is 0 Å². The Morgan fingerprint density at radius 3 is 2.68 bits per heavy atom. The molecule has 3 heteroatoms. The quantitative estimate of drug-likeness (QED) is 0.840. The molecule has 3 rings (SSSR count). The molecule has 0 atom stereocenters. The van der Waals surface area contributed by atoms with E-state index in [4.69, 9.17) is 0 Å². The van der Waals surface area contributed by atoms with Crippen LogP contribution in [0, 0.1) is 11.7 Å². The molecule has 1 heterocycles. The zero-order chi connectivity index (χ0) is 13.6. The number of aromatic nitrogens is 1. The Hall–Kier alpha value is -1.77. The van der Waals surface area contributed by atoms with Gasteiger partial charge in [0.15, 0.2) is 0 Å². The summed E-state index contributed by atoms with van der Waals surface area (Å²) in [4.78, 5) is 16.6. The predicted molar refractivity (Wildman–Crippen MR) is 72.5 cm³/mol. The number of Topliss-reactive ketones (excluding diaryl/α,β-unsaturated/α-hetero) is 1. The zero-order valence-corrected chi connectivity index (χ0v) is 11.1. The Labute approximate surface area is 111 Å². The van der Waals surface area contributed by atoms with Crippen molar-refractivity contribution in [3.05, 3.63) is 41.8 Å². The lowest BCUT2D eigenvalue weighted by atomic mass is 9.84. The summed E-state index contributed by atoms with van der Waals surface area (Å²) in [7, 11) is 0. The second-order valence-corrected chi connectivity index (χ2v) is 5.59. The third-order valence-corrected chi connectivity index (χ3v) is 3.98. The summed E-state index contributed by atoms with van der Waals surface area (Å²) in [6.07, 6.45) is 3.31. The molecule has 1 aromatic heterocycles. The van der Waals surface area contributed by atoms with Crippen LogP contribution in [0.4, 0.5) is 4.39 Å². The first-order valence-corrected chi connectivity index (χ1v) is 6.64. The monoisotopic (exact) mass is 257 g/mol. The molecule has 2 nitrogen and oxygen atoms in total. The van der Waals surface area contributed by atoms with Crippen molar-refractivity contribution in [2.24, 2.45) is 5.92 Å². The highest BCUT2D eigenvalue weighted by Crippen LogP contribution is 2.52. The van der Waals surface area contributed by atoms with Gasteiger partial charge in [0.1, 0.15) is 11.6 Å². The van der Waals surface area contributed by atoms with E-state index in [1.165, 1.54) is 6.07 Å². The fourth-order valence-corrected chi connectivity index (χ4v) is 2.89. The first-order chi connectivity index (χ1) is 9.06. The number of halogens is 1. The summed E-state index contributed by atoms with van der Waals surface area (Å²) in [5.41, 5.74) is 0.965. The topological polar surface area (TPSA) is 30.0 Å². The molecule has 1 saturated carbocycles. The summed E-state index contributed by atoms with van der Waals surface area (Å²) in [6.45, 7) is 3.81. The molecule has 1 aromatic carbocycles. The maximum absolute atomic E-state index is 14.1. The van der Waals surface area contributed by atoms with E-state index in [-0.39, 0.29) is 17.5 Å². The molecule has 0 radical (unpaired) electrons. The van der Waals surface area contributed by atoms with Crippen LogP contribution in [0.15, 0.2) is 30.5 Å². The Morgan fingerprint density at radius 1 is 1.32 bits per heavy atom. The molecule has 0 saturated heterocycles. The van der Waals surface area contributed by atoms with Crippen LogP contribution >= 0.6 is 0 Å². The van der Waals surface area contributed by atoms with E-state index >= 15 is 0 Å². The number of fused-ring (bicyclic) bond motifs is 1. The molecule has 98 valence electrons. The van der Waals surface area contributed by atoms with E-state index in [0.29, 0.717) is 10.9 Å². The highest BCUT2D eigenvalue weighted by molar-refractivity contribution is 5.99. The SMILES string of the molecule is CC(C)C(=O)C1(c2ccnc3cccc(F)c23)CC1. The largest absolute Gasteiger partial charge is 0.298 e.